The fourth-order valence-electron chi connectivity index (χ4n) is 2.03. The largest absolute Gasteiger partial charge is 0.507 e. The predicted octanol–water partition coefficient (Wildman–Crippen LogP) is 2.70. The van der Waals surface area contributed by atoms with Crippen LogP contribution in [-0.4, -0.2) is 30.9 Å². The zero-order valence-corrected chi connectivity index (χ0v) is 13.5. The Morgan fingerprint density at radius 1 is 1.12 bits per heavy atom. The molecule has 0 spiro atoms. The molecule has 1 amide bonds. The molecule has 126 valence electrons. The zero-order valence-electron chi connectivity index (χ0n) is 13.5. The van der Waals surface area contributed by atoms with Crippen LogP contribution in [0.3, 0.4) is 0 Å². The van der Waals surface area contributed by atoms with Crippen LogP contribution in [0.15, 0.2) is 41.5 Å². The molecular formula is C17H17FN2O4. The van der Waals surface area contributed by atoms with E-state index in [0.29, 0.717) is 17.1 Å². The van der Waals surface area contributed by atoms with E-state index in [0.717, 1.165) is 12.1 Å². The smallest absolute Gasteiger partial charge is 0.271 e. The van der Waals surface area contributed by atoms with Gasteiger partial charge in [0.1, 0.15) is 11.6 Å². The molecule has 2 aromatic carbocycles. The van der Waals surface area contributed by atoms with Crippen molar-refractivity contribution in [1.29, 1.82) is 0 Å². The fourth-order valence-corrected chi connectivity index (χ4v) is 2.03. The summed E-state index contributed by atoms with van der Waals surface area (Å²) >= 11 is 0. The Labute approximate surface area is 138 Å². The number of benzene rings is 2. The first-order valence-electron chi connectivity index (χ1n) is 7.01. The van der Waals surface area contributed by atoms with E-state index < -0.39 is 11.7 Å². The van der Waals surface area contributed by atoms with Gasteiger partial charge >= 0.3 is 0 Å². The van der Waals surface area contributed by atoms with Crippen molar-refractivity contribution in [3.8, 4) is 17.2 Å². The first kappa shape index (κ1) is 17.3. The van der Waals surface area contributed by atoms with E-state index >= 15 is 0 Å². The molecule has 2 aromatic rings. The van der Waals surface area contributed by atoms with E-state index in [2.05, 4.69) is 10.5 Å². The zero-order chi connectivity index (χ0) is 17.7. The fraction of sp³-hybridized carbons (Fsp3) is 0.176. The topological polar surface area (TPSA) is 80.2 Å². The summed E-state index contributed by atoms with van der Waals surface area (Å²) in [5.41, 5.74) is 3.13. The van der Waals surface area contributed by atoms with Crippen LogP contribution in [0.2, 0.25) is 0 Å². The Morgan fingerprint density at radius 3 is 2.50 bits per heavy atom. The van der Waals surface area contributed by atoms with Crippen LogP contribution in [0, 0.1) is 5.82 Å². The van der Waals surface area contributed by atoms with Crippen LogP contribution in [-0.2, 0) is 0 Å². The third-order valence-corrected chi connectivity index (χ3v) is 3.32. The van der Waals surface area contributed by atoms with Crippen molar-refractivity contribution < 1.29 is 23.8 Å². The van der Waals surface area contributed by atoms with Crippen molar-refractivity contribution >= 4 is 11.6 Å². The van der Waals surface area contributed by atoms with E-state index in [9.17, 15) is 14.3 Å². The van der Waals surface area contributed by atoms with Crippen LogP contribution >= 0.6 is 0 Å². The van der Waals surface area contributed by atoms with Crippen molar-refractivity contribution in [2.75, 3.05) is 14.2 Å². The van der Waals surface area contributed by atoms with E-state index in [1.807, 2.05) is 0 Å². The van der Waals surface area contributed by atoms with Gasteiger partial charge < -0.3 is 14.6 Å². The number of hydrogen-bond donors (Lipinski definition) is 2. The van der Waals surface area contributed by atoms with Gasteiger partial charge in [-0.2, -0.15) is 5.10 Å². The standard InChI is InChI=1S/C17H17FN2O4/c1-10(13-9-12(18)5-6-14(13)21)19-20-17(22)11-4-7-15(23-2)16(8-11)24-3/h4-9,21H,1-3H3,(H,20,22). The van der Waals surface area contributed by atoms with E-state index in [1.165, 1.54) is 26.4 Å². The highest BCUT2D eigenvalue weighted by Crippen LogP contribution is 2.27. The molecule has 2 rings (SSSR count). The molecule has 0 radical (unpaired) electrons. The maximum atomic E-state index is 13.2. The van der Waals surface area contributed by atoms with Gasteiger partial charge in [-0.3, -0.25) is 4.79 Å². The van der Waals surface area contributed by atoms with Gasteiger partial charge in [0.25, 0.3) is 5.91 Å². The van der Waals surface area contributed by atoms with Crippen LogP contribution in [0.25, 0.3) is 0 Å². The number of methoxy groups -OCH3 is 2. The summed E-state index contributed by atoms with van der Waals surface area (Å²) in [5.74, 6) is -0.208. The lowest BCUT2D eigenvalue weighted by atomic mass is 10.1. The minimum atomic E-state index is -0.511. The second kappa shape index (κ2) is 7.45. The number of carbonyl (C=O) groups is 1. The van der Waals surface area contributed by atoms with Crippen molar-refractivity contribution in [1.82, 2.24) is 5.43 Å². The molecule has 0 saturated carbocycles. The van der Waals surface area contributed by atoms with Gasteiger partial charge in [0.15, 0.2) is 11.5 Å². The Bertz CT molecular complexity index is 790. The molecular weight excluding hydrogens is 315 g/mol. The Kier molecular flexibility index (Phi) is 5.36. The number of hydrazone groups is 1. The van der Waals surface area contributed by atoms with Crippen molar-refractivity contribution in [3.63, 3.8) is 0 Å². The molecule has 0 aliphatic heterocycles. The predicted molar refractivity (Wildman–Crippen MR) is 87.3 cm³/mol. The molecule has 2 N–H and O–H groups in total. The summed E-state index contributed by atoms with van der Waals surface area (Å²) in [6, 6.07) is 8.16. The summed E-state index contributed by atoms with van der Waals surface area (Å²) in [6.45, 7) is 1.55. The van der Waals surface area contributed by atoms with Gasteiger partial charge in [-0.25, -0.2) is 9.82 Å². The highest BCUT2D eigenvalue weighted by atomic mass is 19.1. The van der Waals surface area contributed by atoms with Gasteiger partial charge in [-0.15, -0.1) is 0 Å². The third kappa shape index (κ3) is 3.81. The summed E-state index contributed by atoms with van der Waals surface area (Å²) in [4.78, 5) is 12.1. The number of phenols is 1. The molecule has 6 nitrogen and oxygen atoms in total. The first-order valence-corrected chi connectivity index (χ1v) is 7.01. The van der Waals surface area contributed by atoms with Crippen molar-refractivity contribution in [3.05, 3.63) is 53.3 Å². The van der Waals surface area contributed by atoms with E-state index in [1.54, 1.807) is 19.1 Å². The Hall–Kier alpha value is -3.09. The molecule has 0 aliphatic carbocycles. The highest BCUT2D eigenvalue weighted by Gasteiger charge is 2.11. The lowest BCUT2D eigenvalue weighted by Gasteiger charge is -2.09. The molecule has 0 aliphatic rings. The molecule has 0 unspecified atom stereocenters. The van der Waals surface area contributed by atoms with Gasteiger partial charge in [-0.1, -0.05) is 0 Å². The van der Waals surface area contributed by atoms with Crippen molar-refractivity contribution in [2.24, 2.45) is 5.10 Å². The number of halogens is 1. The Balaban J connectivity index is 2.19. The molecule has 0 fully saturated rings. The van der Waals surface area contributed by atoms with Gasteiger partial charge in [0.2, 0.25) is 0 Å². The minimum absolute atomic E-state index is 0.127. The summed E-state index contributed by atoms with van der Waals surface area (Å²) < 4.78 is 23.5. The number of nitrogens with one attached hydrogen (secondary N) is 1. The van der Waals surface area contributed by atoms with E-state index in [-0.39, 0.29) is 17.0 Å². The van der Waals surface area contributed by atoms with E-state index in [4.69, 9.17) is 9.47 Å². The van der Waals surface area contributed by atoms with Gasteiger partial charge in [-0.05, 0) is 43.3 Å². The number of nitrogens with zero attached hydrogens (tertiary/aromatic N) is 1. The first-order chi connectivity index (χ1) is 11.5. The van der Waals surface area contributed by atoms with Crippen LogP contribution < -0.4 is 14.9 Å². The average Bonchev–Trinajstić information content (AvgIpc) is 2.60. The van der Waals surface area contributed by atoms with Crippen LogP contribution in [0.4, 0.5) is 4.39 Å². The summed E-state index contributed by atoms with van der Waals surface area (Å²) in [7, 11) is 2.96. The summed E-state index contributed by atoms with van der Waals surface area (Å²) in [6.07, 6.45) is 0. The number of phenolic OH excluding ortho intramolecular Hbond substituents is 1. The third-order valence-electron chi connectivity index (χ3n) is 3.32. The Morgan fingerprint density at radius 2 is 1.83 bits per heavy atom. The molecule has 0 saturated heterocycles. The quantitative estimate of drug-likeness (QED) is 0.652. The van der Waals surface area contributed by atoms with Crippen molar-refractivity contribution in [2.45, 2.75) is 6.92 Å². The molecule has 0 atom stereocenters. The van der Waals surface area contributed by atoms with Gasteiger partial charge in [0, 0.05) is 11.1 Å². The number of hydrogen-bond acceptors (Lipinski definition) is 5. The minimum Gasteiger partial charge on any atom is -0.507 e. The number of aromatic hydroxyl groups is 1. The number of ether oxygens (including phenoxy) is 2. The second-order valence-electron chi connectivity index (χ2n) is 4.87. The normalized spacial score (nSPS) is 11.1. The molecule has 0 bridgehead atoms. The van der Waals surface area contributed by atoms with Gasteiger partial charge in [0.05, 0.1) is 19.9 Å². The second-order valence-corrected chi connectivity index (χ2v) is 4.87. The average molecular weight is 332 g/mol. The molecule has 24 heavy (non-hydrogen) atoms. The highest BCUT2D eigenvalue weighted by molar-refractivity contribution is 6.02. The SMILES string of the molecule is COc1ccc(C(=O)NN=C(C)c2cc(F)ccc2O)cc1OC. The molecule has 0 heterocycles. The molecule has 0 aromatic heterocycles. The lowest BCUT2D eigenvalue weighted by Crippen LogP contribution is -2.19. The maximum absolute atomic E-state index is 13.2. The lowest BCUT2D eigenvalue weighted by molar-refractivity contribution is 0.0954. The number of carbonyl (C=O) groups excluding carboxylic acids is 1. The maximum Gasteiger partial charge on any atom is 0.271 e. The van der Waals surface area contributed by atoms with Crippen LogP contribution in [0.5, 0.6) is 17.2 Å². The molecule has 7 heteroatoms. The number of amides is 1. The monoisotopic (exact) mass is 332 g/mol. The van der Waals surface area contributed by atoms with Crippen LogP contribution in [0.1, 0.15) is 22.8 Å². The summed E-state index contributed by atoms with van der Waals surface area (Å²) in [5, 5.41) is 13.6. The number of rotatable bonds is 5.